The molecule has 5 nitrogen and oxygen atoms in total. The molecular formula is C18H26BrN3O2S. The van der Waals surface area contributed by atoms with Crippen molar-refractivity contribution in [2.45, 2.75) is 37.4 Å². The zero-order chi connectivity index (χ0) is 18.1. The number of halogens is 1. The Morgan fingerprint density at radius 3 is 2.64 bits per heavy atom. The number of aromatic amines is 1. The lowest BCUT2D eigenvalue weighted by Gasteiger charge is -2.53. The summed E-state index contributed by atoms with van der Waals surface area (Å²) in [6.07, 6.45) is 2.64. The van der Waals surface area contributed by atoms with Crippen molar-refractivity contribution in [3.05, 3.63) is 44.9 Å². The molecule has 1 heterocycles. The molecule has 1 N–H and O–H groups in total. The van der Waals surface area contributed by atoms with Crippen LogP contribution < -0.4 is 0 Å². The highest BCUT2D eigenvalue weighted by Crippen LogP contribution is 2.55. The van der Waals surface area contributed by atoms with Crippen LogP contribution in [0.25, 0.3) is 0 Å². The number of ether oxygens (including phenoxy) is 2. The standard InChI is InChI=1S/C18H26BrN3O2S/c1-5-9-25-16-21-20-15(22(16)2)17(11-18(12-17,23-3)24-4)13-7-6-8-14(19)10-13/h6-8,10,21,25H,5,9,11-12H2,1-4H3. The third kappa shape index (κ3) is 3.27. The fourth-order valence-electron chi connectivity index (χ4n) is 3.66. The van der Waals surface area contributed by atoms with Gasteiger partial charge in [-0.25, -0.2) is 0 Å². The highest BCUT2D eigenvalue weighted by atomic mass is 79.9. The second kappa shape index (κ2) is 7.39. The first-order valence-electron chi connectivity index (χ1n) is 8.49. The van der Waals surface area contributed by atoms with Crippen molar-refractivity contribution in [1.82, 2.24) is 14.8 Å². The van der Waals surface area contributed by atoms with Crippen LogP contribution in [0.3, 0.4) is 0 Å². The van der Waals surface area contributed by atoms with Gasteiger partial charge in [0.2, 0.25) is 0 Å². The molecule has 138 valence electrons. The van der Waals surface area contributed by atoms with Crippen LogP contribution in [0.5, 0.6) is 0 Å². The van der Waals surface area contributed by atoms with Crippen LogP contribution in [-0.4, -0.2) is 40.5 Å². The minimum Gasteiger partial charge on any atom is -0.353 e. The first kappa shape index (κ1) is 18.9. The first-order chi connectivity index (χ1) is 12.0. The number of nitrogens with one attached hydrogen (secondary N) is 1. The summed E-state index contributed by atoms with van der Waals surface area (Å²) < 4.78 is 15.8. The monoisotopic (exact) mass is 427 g/mol. The molecule has 1 saturated carbocycles. The third-order valence-corrected chi connectivity index (χ3v) is 6.94. The average Bonchev–Trinajstić information content (AvgIpc) is 2.95. The molecule has 25 heavy (non-hydrogen) atoms. The summed E-state index contributed by atoms with van der Waals surface area (Å²) in [7, 11) is 5.52. The normalized spacial score (nSPS) is 19.3. The molecular weight excluding hydrogens is 402 g/mol. The van der Waals surface area contributed by atoms with Crippen molar-refractivity contribution in [3.63, 3.8) is 0 Å². The number of nitrogens with zero attached hydrogens (tertiary/aromatic N) is 2. The average molecular weight is 428 g/mol. The van der Waals surface area contributed by atoms with Gasteiger partial charge in [-0.1, -0.05) is 35.0 Å². The largest absolute Gasteiger partial charge is 0.353 e. The summed E-state index contributed by atoms with van der Waals surface area (Å²) >= 11 is 4.87. The maximum atomic E-state index is 5.68. The van der Waals surface area contributed by atoms with E-state index in [2.05, 4.69) is 57.8 Å². The Morgan fingerprint density at radius 2 is 2.04 bits per heavy atom. The van der Waals surface area contributed by atoms with Gasteiger partial charge < -0.3 is 14.0 Å². The van der Waals surface area contributed by atoms with Crippen LogP contribution in [0.2, 0.25) is 0 Å². The number of benzene rings is 1. The summed E-state index contributed by atoms with van der Waals surface area (Å²) in [5, 5.41) is 7.95. The highest BCUT2D eigenvalue weighted by molar-refractivity contribution is 9.10. The Hall–Kier alpha value is -0.890. The van der Waals surface area contributed by atoms with Gasteiger partial charge in [-0.2, -0.15) is 16.4 Å². The fourth-order valence-corrected chi connectivity index (χ4v) is 4.92. The van der Waals surface area contributed by atoms with Gasteiger partial charge in [0.15, 0.2) is 10.6 Å². The molecule has 1 aromatic carbocycles. The Bertz CT molecular complexity index is 803. The molecule has 0 atom stereocenters. The molecule has 1 aromatic heterocycles. The van der Waals surface area contributed by atoms with Crippen molar-refractivity contribution in [2.24, 2.45) is 7.05 Å². The van der Waals surface area contributed by atoms with E-state index in [1.165, 1.54) is 16.9 Å². The molecule has 0 aliphatic heterocycles. The second-order valence-corrected chi connectivity index (χ2v) is 8.68. The molecule has 0 amide bonds. The molecule has 1 aliphatic carbocycles. The van der Waals surface area contributed by atoms with Crippen molar-refractivity contribution in [2.75, 3.05) is 20.0 Å². The highest BCUT2D eigenvalue weighted by Gasteiger charge is 2.60. The van der Waals surface area contributed by atoms with E-state index in [0.717, 1.165) is 40.1 Å². The smallest absolute Gasteiger partial charge is 0.170 e. The van der Waals surface area contributed by atoms with Crippen LogP contribution in [0.1, 0.15) is 37.6 Å². The van der Waals surface area contributed by atoms with Crippen LogP contribution in [0.4, 0.5) is 0 Å². The van der Waals surface area contributed by atoms with E-state index in [0.29, 0.717) is 0 Å². The number of rotatable bonds is 6. The molecule has 0 bridgehead atoms. The van der Waals surface area contributed by atoms with Crippen LogP contribution in [-0.2, 0) is 21.9 Å². The summed E-state index contributed by atoms with van der Waals surface area (Å²) in [6, 6.07) is 8.46. The fraction of sp³-hybridized carbons (Fsp3) is 0.556. The van der Waals surface area contributed by atoms with Crippen molar-refractivity contribution in [3.8, 4) is 0 Å². The topological polar surface area (TPSA) is 52.1 Å². The number of hydrogen-bond donors (Lipinski definition) is 2. The minimum absolute atomic E-state index is 0.221. The van der Waals surface area contributed by atoms with E-state index >= 15 is 0 Å². The van der Waals surface area contributed by atoms with Gasteiger partial charge >= 0.3 is 0 Å². The summed E-state index contributed by atoms with van der Waals surface area (Å²) in [5.41, 5.74) is 1.01. The van der Waals surface area contributed by atoms with Gasteiger partial charge in [0.25, 0.3) is 0 Å². The van der Waals surface area contributed by atoms with Crippen LogP contribution in [0, 0.1) is 4.77 Å². The lowest BCUT2D eigenvalue weighted by molar-refractivity contribution is -0.273. The van der Waals surface area contributed by atoms with E-state index < -0.39 is 5.79 Å². The lowest BCUT2D eigenvalue weighted by Crippen LogP contribution is -2.58. The maximum absolute atomic E-state index is 5.68. The number of hydrogen-bond acceptors (Lipinski definition) is 3. The predicted molar refractivity (Wildman–Crippen MR) is 106 cm³/mol. The summed E-state index contributed by atoms with van der Waals surface area (Å²) in [5.74, 6) is 1.61. The van der Waals surface area contributed by atoms with E-state index in [1.54, 1.807) is 14.2 Å². The van der Waals surface area contributed by atoms with E-state index in [9.17, 15) is 0 Å². The van der Waals surface area contributed by atoms with E-state index in [1.807, 2.05) is 6.07 Å². The number of methoxy groups -OCH3 is 2. The Labute approximate surface area is 160 Å². The molecule has 7 heteroatoms. The second-order valence-electron chi connectivity index (χ2n) is 6.58. The number of H-pyrrole nitrogens is 1. The molecule has 0 unspecified atom stereocenters. The summed E-state index contributed by atoms with van der Waals surface area (Å²) in [6.45, 7) is 2.20. The van der Waals surface area contributed by atoms with Gasteiger partial charge in [0.05, 0.1) is 5.41 Å². The third-order valence-electron chi connectivity index (χ3n) is 5.07. The van der Waals surface area contributed by atoms with Gasteiger partial charge in [-0.05, 0) is 29.9 Å². The van der Waals surface area contributed by atoms with Crippen molar-refractivity contribution >= 4 is 27.3 Å². The molecule has 3 rings (SSSR count). The Balaban J connectivity index is 2.10. The van der Waals surface area contributed by atoms with Gasteiger partial charge in [0, 0.05) is 38.6 Å². The number of thiol groups is 1. The van der Waals surface area contributed by atoms with E-state index in [-0.39, 0.29) is 5.41 Å². The van der Waals surface area contributed by atoms with Crippen molar-refractivity contribution in [1.29, 1.82) is 0 Å². The molecule has 2 aromatic rings. The predicted octanol–water partition coefficient (Wildman–Crippen LogP) is 3.99. The Kier molecular flexibility index (Phi) is 5.58. The zero-order valence-electron chi connectivity index (χ0n) is 15.2. The molecule has 0 spiro atoms. The van der Waals surface area contributed by atoms with Crippen LogP contribution in [0.15, 0.2) is 28.7 Å². The van der Waals surface area contributed by atoms with Gasteiger partial charge in [-0.15, -0.1) is 0 Å². The summed E-state index contributed by atoms with van der Waals surface area (Å²) in [4.78, 5) is 0. The van der Waals surface area contributed by atoms with Crippen molar-refractivity contribution < 1.29 is 9.47 Å². The minimum atomic E-state index is -0.546. The number of aromatic nitrogens is 3. The van der Waals surface area contributed by atoms with Gasteiger partial charge in [0.1, 0.15) is 5.82 Å². The molecule has 0 saturated heterocycles. The first-order valence-corrected chi connectivity index (χ1v) is 10.4. The molecule has 1 fully saturated rings. The van der Waals surface area contributed by atoms with Gasteiger partial charge in [-0.3, -0.25) is 5.10 Å². The Morgan fingerprint density at radius 1 is 1.32 bits per heavy atom. The van der Waals surface area contributed by atoms with Crippen LogP contribution >= 0.6 is 27.3 Å². The molecule has 0 radical (unpaired) electrons. The molecule has 1 aliphatic rings. The lowest BCUT2D eigenvalue weighted by atomic mass is 9.60. The SMILES string of the molecule is CCC/[SH]=c1/[nH]nc(C2(c3cccc(Br)c3)CC(OC)(OC)C2)n1C. The quantitative estimate of drug-likeness (QED) is 0.416. The zero-order valence-corrected chi connectivity index (χ0v) is 17.7. The maximum Gasteiger partial charge on any atom is 0.170 e. The van der Waals surface area contributed by atoms with E-state index in [4.69, 9.17) is 14.6 Å².